The third-order valence-corrected chi connectivity index (χ3v) is 3.92. The molecule has 1 aliphatic rings. The van der Waals surface area contributed by atoms with Crippen molar-refractivity contribution in [2.75, 3.05) is 36.0 Å². The first-order chi connectivity index (χ1) is 9.22. The Morgan fingerprint density at radius 3 is 2.63 bits per heavy atom. The minimum absolute atomic E-state index is 0.118. The van der Waals surface area contributed by atoms with Crippen molar-refractivity contribution in [3.63, 3.8) is 0 Å². The number of hydrogen-bond donors (Lipinski definition) is 1. The number of aryl methyl sites for hydroxylation is 1. The van der Waals surface area contributed by atoms with Gasteiger partial charge < -0.3 is 14.8 Å². The van der Waals surface area contributed by atoms with E-state index in [0.717, 1.165) is 43.0 Å². The fourth-order valence-corrected chi connectivity index (χ4v) is 2.80. The van der Waals surface area contributed by atoms with Gasteiger partial charge in [0.15, 0.2) is 0 Å². The smallest absolute Gasteiger partial charge is 0.252 e. The van der Waals surface area contributed by atoms with Crippen LogP contribution in [0.2, 0.25) is 0 Å². The molecule has 100 valence electrons. The van der Waals surface area contributed by atoms with Crippen LogP contribution in [0.3, 0.4) is 0 Å². The predicted octanol–water partition coefficient (Wildman–Crippen LogP) is 0.256. The summed E-state index contributed by atoms with van der Waals surface area (Å²) >= 11 is 1.43. The van der Waals surface area contributed by atoms with Crippen molar-refractivity contribution in [3.05, 3.63) is 28.6 Å². The maximum Gasteiger partial charge on any atom is 0.252 e. The van der Waals surface area contributed by atoms with Gasteiger partial charge in [-0.05, 0) is 6.92 Å². The van der Waals surface area contributed by atoms with Gasteiger partial charge in [0.1, 0.15) is 11.6 Å². The van der Waals surface area contributed by atoms with E-state index in [9.17, 15) is 4.79 Å². The van der Waals surface area contributed by atoms with Gasteiger partial charge in [-0.25, -0.2) is 9.97 Å². The molecule has 0 atom stereocenters. The number of rotatable bonds is 2. The zero-order chi connectivity index (χ0) is 13.2. The number of nitrogens with zero attached hydrogens (tertiary/aromatic N) is 5. The molecule has 1 aliphatic heterocycles. The van der Waals surface area contributed by atoms with E-state index in [1.165, 1.54) is 23.9 Å². The molecule has 0 amide bonds. The average molecular weight is 278 g/mol. The maximum absolute atomic E-state index is 11.3. The summed E-state index contributed by atoms with van der Waals surface area (Å²) in [6.45, 7) is 5.28. The Bertz CT molecular complexity index is 615. The summed E-state index contributed by atoms with van der Waals surface area (Å²) < 4.78 is 4.20. The molecule has 7 nitrogen and oxygen atoms in total. The van der Waals surface area contributed by atoms with E-state index in [0.29, 0.717) is 0 Å². The van der Waals surface area contributed by atoms with Crippen LogP contribution in [0.25, 0.3) is 0 Å². The van der Waals surface area contributed by atoms with Gasteiger partial charge in [-0.3, -0.25) is 4.79 Å². The van der Waals surface area contributed by atoms with Crippen LogP contribution in [0.1, 0.15) is 5.82 Å². The predicted molar refractivity (Wildman–Crippen MR) is 73.9 cm³/mol. The van der Waals surface area contributed by atoms with E-state index in [1.807, 2.05) is 6.92 Å². The standard InChI is InChI=1S/C11H14N6OS/c1-8-14-11(19-15-8)17-4-2-16(3-5-17)9-6-10(18)13-7-12-9/h6-7H,2-5H2,1H3,(H,12,13,18). The van der Waals surface area contributed by atoms with Gasteiger partial charge >= 0.3 is 0 Å². The van der Waals surface area contributed by atoms with Gasteiger partial charge in [0.05, 0.1) is 6.33 Å². The monoisotopic (exact) mass is 278 g/mol. The molecule has 0 bridgehead atoms. The Hall–Kier alpha value is -1.96. The van der Waals surface area contributed by atoms with Crippen LogP contribution in [-0.2, 0) is 0 Å². The van der Waals surface area contributed by atoms with Crippen molar-refractivity contribution in [3.8, 4) is 0 Å². The topological polar surface area (TPSA) is 78.0 Å². The highest BCUT2D eigenvalue weighted by atomic mass is 32.1. The van der Waals surface area contributed by atoms with Crippen LogP contribution in [-0.4, -0.2) is 45.5 Å². The lowest BCUT2D eigenvalue weighted by Gasteiger charge is -2.34. The summed E-state index contributed by atoms with van der Waals surface area (Å²) in [5, 5.41) is 0.969. The summed E-state index contributed by atoms with van der Waals surface area (Å²) in [5.41, 5.74) is -0.118. The summed E-state index contributed by atoms with van der Waals surface area (Å²) in [4.78, 5) is 26.7. The van der Waals surface area contributed by atoms with E-state index in [1.54, 1.807) is 0 Å². The quantitative estimate of drug-likeness (QED) is 0.849. The summed E-state index contributed by atoms with van der Waals surface area (Å²) in [7, 11) is 0. The lowest BCUT2D eigenvalue weighted by atomic mass is 10.3. The zero-order valence-electron chi connectivity index (χ0n) is 10.5. The van der Waals surface area contributed by atoms with E-state index in [2.05, 4.69) is 29.1 Å². The molecule has 0 aliphatic carbocycles. The molecule has 0 radical (unpaired) electrons. The van der Waals surface area contributed by atoms with Gasteiger partial charge in [0.25, 0.3) is 5.56 Å². The Balaban J connectivity index is 1.68. The highest BCUT2D eigenvalue weighted by Crippen LogP contribution is 2.20. The zero-order valence-corrected chi connectivity index (χ0v) is 11.4. The highest BCUT2D eigenvalue weighted by molar-refractivity contribution is 7.09. The number of nitrogens with one attached hydrogen (secondary N) is 1. The van der Waals surface area contributed by atoms with Crippen LogP contribution in [0, 0.1) is 6.92 Å². The van der Waals surface area contributed by atoms with Crippen molar-refractivity contribution in [2.24, 2.45) is 0 Å². The number of aromatic nitrogens is 4. The molecule has 1 N–H and O–H groups in total. The third-order valence-electron chi connectivity index (χ3n) is 3.05. The van der Waals surface area contributed by atoms with Gasteiger partial charge in [0.2, 0.25) is 5.13 Å². The fourth-order valence-electron chi connectivity index (χ4n) is 2.07. The molecule has 0 unspecified atom stereocenters. The van der Waals surface area contributed by atoms with Gasteiger partial charge in [-0.1, -0.05) is 0 Å². The van der Waals surface area contributed by atoms with Crippen molar-refractivity contribution < 1.29 is 0 Å². The molecule has 0 aromatic carbocycles. The van der Waals surface area contributed by atoms with E-state index < -0.39 is 0 Å². The van der Waals surface area contributed by atoms with Crippen molar-refractivity contribution in [1.29, 1.82) is 0 Å². The normalized spacial score (nSPS) is 15.8. The molecular weight excluding hydrogens is 264 g/mol. The number of piperazine rings is 1. The minimum atomic E-state index is -0.118. The number of anilines is 2. The number of H-pyrrole nitrogens is 1. The molecule has 1 fully saturated rings. The minimum Gasteiger partial charge on any atom is -0.353 e. The molecule has 0 spiro atoms. The van der Waals surface area contributed by atoms with E-state index in [4.69, 9.17) is 0 Å². The first-order valence-corrected chi connectivity index (χ1v) is 6.84. The SMILES string of the molecule is Cc1nsc(N2CCN(c3cc(=O)[nH]cn3)CC2)n1. The van der Waals surface area contributed by atoms with Gasteiger partial charge in [0, 0.05) is 43.8 Å². The summed E-state index contributed by atoms with van der Waals surface area (Å²) in [6.07, 6.45) is 1.44. The summed E-state index contributed by atoms with van der Waals surface area (Å²) in [6, 6.07) is 1.53. The second kappa shape index (κ2) is 4.96. The number of hydrogen-bond acceptors (Lipinski definition) is 7. The molecule has 0 saturated carbocycles. The molecule has 8 heteroatoms. The summed E-state index contributed by atoms with van der Waals surface area (Å²) in [5.74, 6) is 1.55. The lowest BCUT2D eigenvalue weighted by Crippen LogP contribution is -2.47. The van der Waals surface area contributed by atoms with Gasteiger partial charge in [-0.2, -0.15) is 4.37 Å². The first-order valence-electron chi connectivity index (χ1n) is 6.07. The van der Waals surface area contributed by atoms with Crippen LogP contribution in [0.4, 0.5) is 10.9 Å². The van der Waals surface area contributed by atoms with Crippen LogP contribution >= 0.6 is 11.5 Å². The molecule has 19 heavy (non-hydrogen) atoms. The Morgan fingerprint density at radius 2 is 2.00 bits per heavy atom. The lowest BCUT2D eigenvalue weighted by molar-refractivity contribution is 0.644. The van der Waals surface area contributed by atoms with E-state index in [-0.39, 0.29) is 5.56 Å². The maximum atomic E-state index is 11.3. The van der Waals surface area contributed by atoms with Crippen LogP contribution < -0.4 is 15.4 Å². The van der Waals surface area contributed by atoms with Crippen molar-refractivity contribution >= 4 is 22.5 Å². The molecule has 2 aromatic rings. The third kappa shape index (κ3) is 2.58. The average Bonchev–Trinajstić information content (AvgIpc) is 2.86. The van der Waals surface area contributed by atoms with Crippen molar-refractivity contribution in [1.82, 2.24) is 19.3 Å². The fraction of sp³-hybridized carbons (Fsp3) is 0.455. The highest BCUT2D eigenvalue weighted by Gasteiger charge is 2.20. The second-order valence-corrected chi connectivity index (χ2v) is 5.10. The first kappa shape index (κ1) is 12.1. The number of aromatic amines is 1. The molecule has 3 rings (SSSR count). The van der Waals surface area contributed by atoms with Crippen LogP contribution in [0.15, 0.2) is 17.2 Å². The largest absolute Gasteiger partial charge is 0.353 e. The van der Waals surface area contributed by atoms with Crippen molar-refractivity contribution in [2.45, 2.75) is 6.92 Å². The molecule has 2 aromatic heterocycles. The molecular formula is C11H14N6OS. The Kier molecular flexibility index (Phi) is 3.16. The van der Waals surface area contributed by atoms with Crippen LogP contribution in [0.5, 0.6) is 0 Å². The van der Waals surface area contributed by atoms with E-state index >= 15 is 0 Å². The molecule has 1 saturated heterocycles. The molecule has 3 heterocycles. The second-order valence-electron chi connectivity index (χ2n) is 4.37. The Morgan fingerprint density at radius 1 is 1.26 bits per heavy atom. The Labute approximate surface area is 114 Å². The van der Waals surface area contributed by atoms with Gasteiger partial charge in [-0.15, -0.1) is 0 Å².